The summed E-state index contributed by atoms with van der Waals surface area (Å²) in [5, 5.41) is 14.1. The Morgan fingerprint density at radius 2 is 1.94 bits per heavy atom. The number of carboxylic acid groups (broad SMARTS) is 1. The maximum Gasteiger partial charge on any atom is 0.413 e. The third-order valence-electron chi connectivity index (χ3n) is 6.94. The molecule has 188 valence electrons. The molecule has 0 unspecified atom stereocenters. The molecule has 2 aliphatic rings. The van der Waals surface area contributed by atoms with Gasteiger partial charge in [0.1, 0.15) is 18.1 Å². The van der Waals surface area contributed by atoms with Gasteiger partial charge in [0.25, 0.3) is 0 Å². The maximum atomic E-state index is 15.4. The van der Waals surface area contributed by atoms with Crippen LogP contribution in [0.5, 0.6) is 5.88 Å². The molecule has 4 N–H and O–H groups in total. The number of pyridine rings is 2. The lowest BCUT2D eigenvalue weighted by atomic mass is 9.78. The zero-order valence-corrected chi connectivity index (χ0v) is 20.2. The summed E-state index contributed by atoms with van der Waals surface area (Å²) < 4.78 is 21.0. The van der Waals surface area contributed by atoms with Gasteiger partial charge >= 0.3 is 6.09 Å². The molecule has 0 spiro atoms. The molecule has 5 rings (SSSR count). The van der Waals surface area contributed by atoms with Gasteiger partial charge in [-0.2, -0.15) is 0 Å². The van der Waals surface area contributed by atoms with E-state index in [1.165, 1.54) is 16.0 Å². The molecule has 0 atom stereocenters. The number of anilines is 3. The van der Waals surface area contributed by atoms with E-state index in [9.17, 15) is 14.7 Å². The van der Waals surface area contributed by atoms with E-state index in [1.54, 1.807) is 32.4 Å². The number of halogens is 1. The van der Waals surface area contributed by atoms with Gasteiger partial charge in [-0.3, -0.25) is 9.69 Å². The Morgan fingerprint density at radius 3 is 2.64 bits per heavy atom. The predicted octanol–water partition coefficient (Wildman–Crippen LogP) is 3.48. The van der Waals surface area contributed by atoms with E-state index in [4.69, 9.17) is 10.5 Å². The molecule has 3 heterocycles. The van der Waals surface area contributed by atoms with Crippen molar-refractivity contribution in [2.45, 2.75) is 25.8 Å². The first-order valence-electron chi connectivity index (χ1n) is 11.6. The second-order valence-electron chi connectivity index (χ2n) is 9.38. The van der Waals surface area contributed by atoms with Crippen LogP contribution >= 0.6 is 0 Å². The molecule has 1 aliphatic carbocycles. The van der Waals surface area contributed by atoms with Gasteiger partial charge in [-0.15, -0.1) is 0 Å². The fourth-order valence-corrected chi connectivity index (χ4v) is 4.91. The first-order chi connectivity index (χ1) is 17.2. The molecule has 2 aromatic heterocycles. The minimum absolute atomic E-state index is 0.0233. The summed E-state index contributed by atoms with van der Waals surface area (Å²) in [7, 11) is 3.36. The Balaban J connectivity index is 1.54. The number of hydrogen-bond donors (Lipinski definition) is 3. The Bertz CT molecular complexity index is 1390. The van der Waals surface area contributed by atoms with Crippen LogP contribution in [0.1, 0.15) is 18.4 Å². The van der Waals surface area contributed by atoms with Crippen LogP contribution in [0.25, 0.3) is 21.9 Å². The zero-order valence-electron chi connectivity index (χ0n) is 20.2. The highest BCUT2D eigenvalue weighted by atomic mass is 19.1. The molecular formula is C25H27FN6O4. The average Bonchev–Trinajstić information content (AvgIpc) is 2.83. The SMILES string of the molecule is Cc1c(-c2cc3cc(N(C(=O)O)[C@H]4C[C@H](C(=O)N(C)C)C4)ncc3c(N)c2F)cnc2c1NCCO2. The Kier molecular flexibility index (Phi) is 5.77. The first kappa shape index (κ1) is 23.6. The molecule has 1 aromatic carbocycles. The van der Waals surface area contributed by atoms with E-state index < -0.39 is 11.9 Å². The molecule has 36 heavy (non-hydrogen) atoms. The summed E-state index contributed by atoms with van der Waals surface area (Å²) in [4.78, 5) is 35.7. The standard InChI is InChI=1S/C25H27FN6O4/c1-12-17(10-30-23-22(12)28-4-5-36-23)16-8-13-9-19(29-11-18(13)21(27)20(16)26)32(25(34)35)15-6-14(7-15)24(33)31(2)3/h8-11,14-15,28H,4-7,27H2,1-3H3,(H,34,35)/t14-,15-. The molecule has 11 heteroatoms. The van der Waals surface area contributed by atoms with Crippen LogP contribution in [0.3, 0.4) is 0 Å². The summed E-state index contributed by atoms with van der Waals surface area (Å²) >= 11 is 0. The van der Waals surface area contributed by atoms with Crippen molar-refractivity contribution in [3.8, 4) is 17.0 Å². The topological polar surface area (TPSA) is 134 Å². The van der Waals surface area contributed by atoms with E-state index >= 15 is 4.39 Å². The molecule has 1 aliphatic heterocycles. The smallest absolute Gasteiger partial charge is 0.413 e. The number of rotatable bonds is 4. The minimum atomic E-state index is -1.17. The largest absolute Gasteiger partial charge is 0.474 e. The van der Waals surface area contributed by atoms with Crippen molar-refractivity contribution >= 4 is 40.0 Å². The summed E-state index contributed by atoms with van der Waals surface area (Å²) in [5.74, 6) is -0.182. The monoisotopic (exact) mass is 494 g/mol. The molecule has 1 fully saturated rings. The van der Waals surface area contributed by atoms with Crippen molar-refractivity contribution in [3.63, 3.8) is 0 Å². The van der Waals surface area contributed by atoms with E-state index in [1.807, 2.05) is 6.92 Å². The van der Waals surface area contributed by atoms with Crippen molar-refractivity contribution in [3.05, 3.63) is 35.9 Å². The number of nitrogens with zero attached hydrogens (tertiary/aromatic N) is 4. The van der Waals surface area contributed by atoms with Crippen molar-refractivity contribution in [1.29, 1.82) is 0 Å². The van der Waals surface area contributed by atoms with E-state index in [2.05, 4.69) is 15.3 Å². The van der Waals surface area contributed by atoms with Crippen LogP contribution in [-0.2, 0) is 4.79 Å². The van der Waals surface area contributed by atoms with Gasteiger partial charge in [-0.25, -0.2) is 19.2 Å². The van der Waals surface area contributed by atoms with E-state index in [0.717, 1.165) is 5.56 Å². The van der Waals surface area contributed by atoms with Gasteiger partial charge in [0.2, 0.25) is 11.8 Å². The maximum absolute atomic E-state index is 15.4. The lowest BCUT2D eigenvalue weighted by Gasteiger charge is -2.41. The zero-order chi connectivity index (χ0) is 25.7. The summed E-state index contributed by atoms with van der Waals surface area (Å²) in [6.45, 7) is 2.96. The first-order valence-corrected chi connectivity index (χ1v) is 11.6. The fraction of sp³-hybridized carbons (Fsp3) is 0.360. The minimum Gasteiger partial charge on any atom is -0.474 e. The third kappa shape index (κ3) is 3.80. The van der Waals surface area contributed by atoms with Crippen LogP contribution < -0.4 is 20.7 Å². The molecule has 3 aromatic rings. The normalized spacial score (nSPS) is 18.4. The molecule has 1 saturated carbocycles. The molecule has 2 amide bonds. The number of nitrogen functional groups attached to an aromatic ring is 1. The van der Waals surface area contributed by atoms with Crippen molar-refractivity contribution in [1.82, 2.24) is 14.9 Å². The fourth-order valence-electron chi connectivity index (χ4n) is 4.91. The van der Waals surface area contributed by atoms with Crippen LogP contribution in [0, 0.1) is 18.7 Å². The number of nitrogens with two attached hydrogens (primary N) is 1. The number of carbonyl (C=O) groups excluding carboxylic acids is 1. The predicted molar refractivity (Wildman–Crippen MR) is 134 cm³/mol. The van der Waals surface area contributed by atoms with E-state index in [-0.39, 0.29) is 34.9 Å². The number of benzene rings is 1. The summed E-state index contributed by atoms with van der Waals surface area (Å²) in [6.07, 6.45) is 2.59. The third-order valence-corrected chi connectivity index (χ3v) is 6.94. The number of hydrogen-bond acceptors (Lipinski definition) is 7. The summed E-state index contributed by atoms with van der Waals surface area (Å²) in [6, 6.07) is 2.84. The second kappa shape index (κ2) is 8.81. The molecule has 0 saturated heterocycles. The van der Waals surface area contributed by atoms with Gasteiger partial charge < -0.3 is 25.8 Å². The highest BCUT2D eigenvalue weighted by molar-refractivity contribution is 6.00. The lowest BCUT2D eigenvalue weighted by molar-refractivity contribution is -0.136. The van der Waals surface area contributed by atoms with Crippen molar-refractivity contribution in [2.75, 3.05) is 43.2 Å². The quantitative estimate of drug-likeness (QED) is 0.470. The Morgan fingerprint density at radius 1 is 1.19 bits per heavy atom. The van der Waals surface area contributed by atoms with Crippen LogP contribution in [0.4, 0.5) is 26.4 Å². The van der Waals surface area contributed by atoms with Crippen molar-refractivity contribution < 1.29 is 23.8 Å². The van der Waals surface area contributed by atoms with Gasteiger partial charge in [0.15, 0.2) is 5.82 Å². The Hall–Kier alpha value is -4.15. The van der Waals surface area contributed by atoms with E-state index in [0.29, 0.717) is 53.9 Å². The van der Waals surface area contributed by atoms with Gasteiger partial charge in [0.05, 0.1) is 5.69 Å². The molecule has 0 bridgehead atoms. The second-order valence-corrected chi connectivity index (χ2v) is 9.38. The number of aromatic nitrogens is 2. The van der Waals surface area contributed by atoms with Gasteiger partial charge in [-0.05, 0) is 42.8 Å². The van der Waals surface area contributed by atoms with Crippen LogP contribution in [-0.4, -0.2) is 65.3 Å². The number of ether oxygens (including phenoxy) is 1. The lowest BCUT2D eigenvalue weighted by Crippen LogP contribution is -2.51. The highest BCUT2D eigenvalue weighted by Gasteiger charge is 2.41. The summed E-state index contributed by atoms with van der Waals surface area (Å²) in [5.41, 5.74) is 8.35. The number of amides is 2. The van der Waals surface area contributed by atoms with Crippen molar-refractivity contribution in [2.24, 2.45) is 5.92 Å². The number of nitrogens with one attached hydrogen (secondary N) is 1. The average molecular weight is 495 g/mol. The number of carbonyl (C=O) groups is 2. The highest BCUT2D eigenvalue weighted by Crippen LogP contribution is 2.41. The van der Waals surface area contributed by atoms with Gasteiger partial charge in [0, 0.05) is 61.5 Å². The Labute approximate surface area is 206 Å². The molecule has 0 radical (unpaired) electrons. The molecule has 10 nitrogen and oxygen atoms in total. The molecular weight excluding hydrogens is 467 g/mol. The van der Waals surface area contributed by atoms with Crippen LogP contribution in [0.2, 0.25) is 0 Å². The van der Waals surface area contributed by atoms with Crippen LogP contribution in [0.15, 0.2) is 24.5 Å². The number of fused-ring (bicyclic) bond motifs is 2. The van der Waals surface area contributed by atoms with Gasteiger partial charge in [-0.1, -0.05) is 0 Å².